The molecule has 0 saturated heterocycles. The number of hydrogen-bond donors (Lipinski definition) is 1. The van der Waals surface area contributed by atoms with Gasteiger partial charge in [0.15, 0.2) is 5.69 Å². The molecule has 2 aromatic rings. The second-order valence-electron chi connectivity index (χ2n) is 6.63. The maximum atomic E-state index is 12.5. The van der Waals surface area contributed by atoms with Crippen LogP contribution in [0.5, 0.6) is 0 Å². The summed E-state index contributed by atoms with van der Waals surface area (Å²) in [5, 5.41) is 1.04. The molecule has 2 rings (SSSR count). The number of primary amides is 1. The Hall–Kier alpha value is -2.41. The van der Waals surface area contributed by atoms with E-state index < -0.39 is 17.6 Å². The van der Waals surface area contributed by atoms with Crippen LogP contribution in [0.4, 0.5) is 9.80 Å². The molecule has 6 nitrogen and oxygen atoms in total. The minimum atomic E-state index is -0.674. The summed E-state index contributed by atoms with van der Waals surface area (Å²) in [6, 6.07) is 7.77. The highest BCUT2D eigenvalue weighted by Gasteiger charge is 2.28. The van der Waals surface area contributed by atoms with Crippen LogP contribution in [0, 0.1) is 6.92 Å². The zero-order chi connectivity index (χ0) is 18.8. The number of aromatic nitrogens is 1. The number of rotatable bonds is 4. The normalized spacial score (nSPS) is 11.2. The quantitative estimate of drug-likeness (QED) is 0.892. The lowest BCUT2D eigenvalue weighted by Gasteiger charge is -2.25. The fourth-order valence-corrected chi connectivity index (χ4v) is 3.35. The maximum Gasteiger partial charge on any atom is 0.415 e. The van der Waals surface area contributed by atoms with Crippen molar-refractivity contribution in [1.29, 1.82) is 0 Å². The van der Waals surface area contributed by atoms with Crippen LogP contribution in [-0.4, -0.2) is 29.1 Å². The van der Waals surface area contributed by atoms with Crippen LogP contribution in [0.1, 0.15) is 43.7 Å². The number of hydrogen-bond acceptors (Lipinski definition) is 5. The molecular formula is C18H23N3O3S. The smallest absolute Gasteiger partial charge is 0.415 e. The van der Waals surface area contributed by atoms with Gasteiger partial charge in [0.1, 0.15) is 15.6 Å². The number of aryl methyl sites for hydroxylation is 1. The van der Waals surface area contributed by atoms with Crippen molar-refractivity contribution < 1.29 is 14.3 Å². The number of amides is 2. The first-order chi connectivity index (χ1) is 11.6. The molecule has 134 valence electrons. The summed E-state index contributed by atoms with van der Waals surface area (Å²) < 4.78 is 5.43. The lowest BCUT2D eigenvalue weighted by Crippen LogP contribution is -2.37. The molecule has 0 aliphatic carbocycles. The Morgan fingerprint density at radius 3 is 2.52 bits per heavy atom. The number of nitrogens with zero attached hydrogens (tertiary/aromatic N) is 2. The van der Waals surface area contributed by atoms with Gasteiger partial charge in [-0.1, -0.05) is 35.1 Å². The number of anilines is 1. The van der Waals surface area contributed by atoms with Crippen LogP contribution in [0.2, 0.25) is 0 Å². The summed E-state index contributed by atoms with van der Waals surface area (Å²) in [5.41, 5.74) is 6.87. The third-order valence-corrected chi connectivity index (χ3v) is 4.41. The molecule has 1 heterocycles. The van der Waals surface area contributed by atoms with Crippen molar-refractivity contribution >= 4 is 28.3 Å². The Morgan fingerprint density at radius 1 is 1.32 bits per heavy atom. The topological polar surface area (TPSA) is 85.5 Å². The van der Waals surface area contributed by atoms with Crippen LogP contribution < -0.4 is 10.6 Å². The number of nitrogens with two attached hydrogens (primary N) is 1. The highest BCUT2D eigenvalue weighted by Crippen LogP contribution is 2.35. The van der Waals surface area contributed by atoms with Crippen LogP contribution in [0.15, 0.2) is 24.3 Å². The predicted molar refractivity (Wildman–Crippen MR) is 100 cm³/mol. The molecular weight excluding hydrogens is 338 g/mol. The van der Waals surface area contributed by atoms with E-state index >= 15 is 0 Å². The molecule has 1 aromatic carbocycles. The second kappa shape index (κ2) is 7.23. The van der Waals surface area contributed by atoms with Gasteiger partial charge in [-0.2, -0.15) is 0 Å². The van der Waals surface area contributed by atoms with Crippen molar-refractivity contribution in [2.24, 2.45) is 5.73 Å². The molecule has 0 fully saturated rings. The van der Waals surface area contributed by atoms with Crippen molar-refractivity contribution in [1.82, 2.24) is 4.98 Å². The highest BCUT2D eigenvalue weighted by molar-refractivity contribution is 7.19. The Bertz CT molecular complexity index is 793. The third kappa shape index (κ3) is 4.57. The molecule has 0 spiro atoms. The average Bonchev–Trinajstić information content (AvgIpc) is 2.91. The van der Waals surface area contributed by atoms with E-state index in [-0.39, 0.29) is 5.69 Å². The molecule has 0 aliphatic rings. The molecule has 2 amide bonds. The Morgan fingerprint density at radius 2 is 2.00 bits per heavy atom. The van der Waals surface area contributed by atoms with Gasteiger partial charge in [0.25, 0.3) is 5.91 Å². The molecule has 0 bridgehead atoms. The van der Waals surface area contributed by atoms with Gasteiger partial charge in [0.05, 0.1) is 0 Å². The first-order valence-corrected chi connectivity index (χ1v) is 8.82. The lowest BCUT2D eigenvalue weighted by molar-refractivity contribution is 0.0583. The van der Waals surface area contributed by atoms with Gasteiger partial charge >= 0.3 is 6.09 Å². The monoisotopic (exact) mass is 361 g/mol. The maximum absolute atomic E-state index is 12.5. The summed E-state index contributed by atoms with van der Waals surface area (Å²) in [7, 11) is 0. The Labute approximate surface area is 151 Å². The standard InChI is InChI=1S/C18H23N3O3S/c1-6-21(17(23)24-18(3,4)5)16-13(14(19)22)20-15(25-16)12-9-7-8-11(2)10-12/h7-10H,6H2,1-5H3,(H2,19,22). The fraction of sp³-hybridized carbons (Fsp3) is 0.389. The van der Waals surface area contributed by atoms with Crippen LogP contribution in [0.3, 0.4) is 0 Å². The largest absolute Gasteiger partial charge is 0.443 e. The molecule has 0 aliphatic heterocycles. The van der Waals surface area contributed by atoms with E-state index in [9.17, 15) is 9.59 Å². The van der Waals surface area contributed by atoms with Gasteiger partial charge in [-0.15, -0.1) is 0 Å². The number of carbonyl (C=O) groups is 2. The van der Waals surface area contributed by atoms with E-state index in [0.717, 1.165) is 11.1 Å². The molecule has 0 radical (unpaired) electrons. The second-order valence-corrected chi connectivity index (χ2v) is 7.61. The van der Waals surface area contributed by atoms with Gasteiger partial charge in [-0.3, -0.25) is 9.69 Å². The number of ether oxygens (including phenoxy) is 1. The summed E-state index contributed by atoms with van der Waals surface area (Å²) in [6.45, 7) is 9.49. The lowest BCUT2D eigenvalue weighted by atomic mass is 10.1. The van der Waals surface area contributed by atoms with Crippen molar-refractivity contribution in [3.63, 3.8) is 0 Å². The molecule has 0 saturated carbocycles. The van der Waals surface area contributed by atoms with E-state index in [0.29, 0.717) is 16.6 Å². The van der Waals surface area contributed by atoms with Gasteiger partial charge in [0, 0.05) is 12.1 Å². The fourth-order valence-electron chi connectivity index (χ4n) is 2.23. The van der Waals surface area contributed by atoms with E-state index in [1.807, 2.05) is 31.2 Å². The third-order valence-electron chi connectivity index (χ3n) is 3.28. The van der Waals surface area contributed by atoms with Crippen LogP contribution in [-0.2, 0) is 4.74 Å². The average molecular weight is 361 g/mol. The summed E-state index contributed by atoms with van der Waals surface area (Å²) >= 11 is 1.25. The summed E-state index contributed by atoms with van der Waals surface area (Å²) in [5.74, 6) is -0.674. The minimum absolute atomic E-state index is 0.0780. The van der Waals surface area contributed by atoms with Crippen molar-refractivity contribution in [2.45, 2.75) is 40.2 Å². The Kier molecular flexibility index (Phi) is 5.47. The van der Waals surface area contributed by atoms with E-state index in [1.54, 1.807) is 27.7 Å². The van der Waals surface area contributed by atoms with Gasteiger partial charge in [0.2, 0.25) is 0 Å². The van der Waals surface area contributed by atoms with Crippen molar-refractivity contribution in [2.75, 3.05) is 11.4 Å². The number of thiazole rings is 1. The Balaban J connectivity index is 2.48. The van der Waals surface area contributed by atoms with Gasteiger partial charge in [-0.05, 0) is 40.7 Å². The minimum Gasteiger partial charge on any atom is -0.443 e. The van der Waals surface area contributed by atoms with Crippen LogP contribution in [0.25, 0.3) is 10.6 Å². The zero-order valence-corrected chi connectivity index (χ0v) is 15.9. The van der Waals surface area contributed by atoms with E-state index in [4.69, 9.17) is 10.5 Å². The molecule has 2 N–H and O–H groups in total. The molecule has 25 heavy (non-hydrogen) atoms. The van der Waals surface area contributed by atoms with E-state index in [1.165, 1.54) is 16.2 Å². The molecule has 1 aromatic heterocycles. The first-order valence-electron chi connectivity index (χ1n) is 8.00. The highest BCUT2D eigenvalue weighted by atomic mass is 32.1. The molecule has 7 heteroatoms. The SMILES string of the molecule is CCN(C(=O)OC(C)(C)C)c1sc(-c2cccc(C)c2)nc1C(N)=O. The van der Waals surface area contributed by atoms with Crippen LogP contribution >= 0.6 is 11.3 Å². The van der Waals surface area contributed by atoms with Crippen molar-refractivity contribution in [3.8, 4) is 10.6 Å². The van der Waals surface area contributed by atoms with E-state index in [2.05, 4.69) is 4.98 Å². The van der Waals surface area contributed by atoms with Gasteiger partial charge < -0.3 is 10.5 Å². The molecule has 0 unspecified atom stereocenters. The summed E-state index contributed by atoms with van der Waals surface area (Å²) in [4.78, 5) is 30.1. The number of benzene rings is 1. The zero-order valence-electron chi connectivity index (χ0n) is 15.1. The summed E-state index contributed by atoms with van der Waals surface area (Å²) in [6.07, 6.45) is -0.531. The van der Waals surface area contributed by atoms with Gasteiger partial charge in [-0.25, -0.2) is 9.78 Å². The van der Waals surface area contributed by atoms with Crippen molar-refractivity contribution in [3.05, 3.63) is 35.5 Å². The number of carbonyl (C=O) groups excluding carboxylic acids is 2. The first kappa shape index (κ1) is 18.9. The molecule has 0 atom stereocenters. The predicted octanol–water partition coefficient (Wildman–Crippen LogP) is 3.98.